The number of hydrogen-bond donors (Lipinski definition) is 0. The van der Waals surface area contributed by atoms with Crippen LogP contribution >= 0.6 is 0 Å². The van der Waals surface area contributed by atoms with Crippen molar-refractivity contribution >= 4 is 17.7 Å². The molecule has 1 amide bonds. The van der Waals surface area contributed by atoms with Crippen LogP contribution in [0.5, 0.6) is 0 Å². The second-order valence-corrected chi connectivity index (χ2v) is 7.03. The van der Waals surface area contributed by atoms with E-state index >= 15 is 0 Å². The lowest BCUT2D eigenvalue weighted by molar-refractivity contribution is 0.0593. The van der Waals surface area contributed by atoms with Crippen molar-refractivity contribution < 1.29 is 19.1 Å². The van der Waals surface area contributed by atoms with E-state index < -0.39 is 5.97 Å². The van der Waals surface area contributed by atoms with Crippen molar-refractivity contribution in [2.75, 3.05) is 31.6 Å². The van der Waals surface area contributed by atoms with Crippen molar-refractivity contribution in [1.29, 1.82) is 0 Å². The average Bonchev–Trinajstić information content (AvgIpc) is 2.76. The second kappa shape index (κ2) is 7.88. The zero-order chi connectivity index (χ0) is 19.5. The summed E-state index contributed by atoms with van der Waals surface area (Å²) in [5, 5.41) is 0. The zero-order valence-corrected chi connectivity index (χ0v) is 15.8. The molecule has 4 rings (SSSR count). The lowest BCUT2D eigenvalue weighted by Crippen LogP contribution is -2.56. The minimum Gasteiger partial charge on any atom is -0.464 e. The second-order valence-electron chi connectivity index (χ2n) is 7.03. The summed E-state index contributed by atoms with van der Waals surface area (Å²) in [4.78, 5) is 32.7. The highest BCUT2D eigenvalue weighted by Crippen LogP contribution is 2.32. The fourth-order valence-corrected chi connectivity index (χ4v) is 3.86. The average molecular weight is 381 g/mol. The molecule has 1 saturated heterocycles. The number of aromatic nitrogens is 1. The van der Waals surface area contributed by atoms with Gasteiger partial charge in [-0.05, 0) is 30.5 Å². The number of aryl methyl sites for hydroxylation is 1. The van der Waals surface area contributed by atoms with Crippen LogP contribution in [0.3, 0.4) is 0 Å². The molecule has 146 valence electrons. The van der Waals surface area contributed by atoms with Gasteiger partial charge in [-0.1, -0.05) is 30.3 Å². The predicted octanol–water partition coefficient (Wildman–Crippen LogP) is 2.64. The van der Waals surface area contributed by atoms with Gasteiger partial charge in [0, 0.05) is 25.7 Å². The maximum Gasteiger partial charge on any atom is 0.410 e. The highest BCUT2D eigenvalue weighted by molar-refractivity contribution is 5.87. The number of fused-ring (bicyclic) bond motifs is 3. The summed E-state index contributed by atoms with van der Waals surface area (Å²) in [6.07, 6.45) is 1.38. The highest BCUT2D eigenvalue weighted by Gasteiger charge is 2.34. The van der Waals surface area contributed by atoms with Crippen LogP contribution in [-0.4, -0.2) is 54.7 Å². The highest BCUT2D eigenvalue weighted by atomic mass is 16.6. The minimum absolute atomic E-state index is 0.233. The number of pyridine rings is 1. The van der Waals surface area contributed by atoms with Crippen molar-refractivity contribution in [3.8, 4) is 0 Å². The van der Waals surface area contributed by atoms with Crippen LogP contribution in [0.2, 0.25) is 0 Å². The van der Waals surface area contributed by atoms with Gasteiger partial charge in [-0.3, -0.25) is 0 Å². The van der Waals surface area contributed by atoms with Gasteiger partial charge < -0.3 is 19.3 Å². The first kappa shape index (κ1) is 18.3. The number of rotatable bonds is 3. The van der Waals surface area contributed by atoms with Gasteiger partial charge in [-0.25, -0.2) is 14.6 Å². The molecule has 0 unspecified atom stereocenters. The molecule has 2 aliphatic heterocycles. The Morgan fingerprint density at radius 1 is 1.14 bits per heavy atom. The number of amides is 1. The molecule has 7 heteroatoms. The van der Waals surface area contributed by atoms with Crippen molar-refractivity contribution in [1.82, 2.24) is 9.88 Å². The smallest absolute Gasteiger partial charge is 0.410 e. The topological polar surface area (TPSA) is 72.0 Å². The monoisotopic (exact) mass is 381 g/mol. The number of esters is 1. The summed E-state index contributed by atoms with van der Waals surface area (Å²) in [6.45, 7) is 2.24. The van der Waals surface area contributed by atoms with Crippen molar-refractivity contribution in [3.63, 3.8) is 0 Å². The Hall–Kier alpha value is -3.09. The maximum absolute atomic E-state index is 12.5. The normalized spacial score (nSPS) is 18.1. The quantitative estimate of drug-likeness (QED) is 0.761. The van der Waals surface area contributed by atoms with Gasteiger partial charge >= 0.3 is 12.1 Å². The molecule has 28 heavy (non-hydrogen) atoms. The van der Waals surface area contributed by atoms with Crippen LogP contribution in [0.1, 0.15) is 28.2 Å². The first-order valence-corrected chi connectivity index (χ1v) is 9.46. The number of ether oxygens (including phenoxy) is 2. The van der Waals surface area contributed by atoms with E-state index in [0.29, 0.717) is 18.8 Å². The van der Waals surface area contributed by atoms with E-state index in [9.17, 15) is 9.59 Å². The Bertz CT molecular complexity index is 871. The van der Waals surface area contributed by atoms with E-state index in [0.717, 1.165) is 36.3 Å². The van der Waals surface area contributed by atoms with Gasteiger partial charge in [0.15, 0.2) is 0 Å². The molecule has 0 N–H and O–H groups in total. The number of nitrogens with zero attached hydrogens (tertiary/aromatic N) is 3. The third kappa shape index (κ3) is 3.65. The van der Waals surface area contributed by atoms with Gasteiger partial charge in [0.05, 0.1) is 18.5 Å². The standard InChI is InChI=1S/C21H23N3O4/c1-27-20(25)18-9-10-19-17(22-18)8-7-16-13-23(11-12-24(16)19)21(26)28-14-15-5-3-2-4-6-15/h2-6,9-10,16H,7-8,11-14H2,1H3/t16-/m1/s1. The van der Waals surface area contributed by atoms with E-state index in [1.165, 1.54) is 7.11 Å². The Morgan fingerprint density at radius 2 is 1.96 bits per heavy atom. The van der Waals surface area contributed by atoms with Crippen LogP contribution in [-0.2, 0) is 22.5 Å². The molecule has 3 heterocycles. The molecule has 0 saturated carbocycles. The number of carbonyl (C=O) groups is 2. The first-order chi connectivity index (χ1) is 13.7. The van der Waals surface area contributed by atoms with Gasteiger partial charge in [0.1, 0.15) is 12.3 Å². The molecular weight excluding hydrogens is 358 g/mol. The lowest BCUT2D eigenvalue weighted by Gasteiger charge is -2.45. The number of methoxy groups -OCH3 is 1. The van der Waals surface area contributed by atoms with Crippen molar-refractivity contribution in [2.24, 2.45) is 0 Å². The van der Waals surface area contributed by atoms with Crippen molar-refractivity contribution in [3.05, 3.63) is 59.4 Å². The molecule has 1 aromatic carbocycles. The Labute approximate surface area is 163 Å². The molecule has 1 atom stereocenters. The Balaban J connectivity index is 1.39. The molecule has 2 aliphatic rings. The van der Waals surface area contributed by atoms with Crippen LogP contribution in [0, 0.1) is 0 Å². The first-order valence-electron chi connectivity index (χ1n) is 9.46. The number of hydrogen-bond acceptors (Lipinski definition) is 6. The fraction of sp³-hybridized carbons (Fsp3) is 0.381. The van der Waals surface area contributed by atoms with Gasteiger partial charge in [-0.15, -0.1) is 0 Å². The van der Waals surface area contributed by atoms with Crippen LogP contribution in [0.25, 0.3) is 0 Å². The maximum atomic E-state index is 12.5. The summed E-state index contributed by atoms with van der Waals surface area (Å²) < 4.78 is 10.2. The fourth-order valence-electron chi connectivity index (χ4n) is 3.86. The summed E-state index contributed by atoms with van der Waals surface area (Å²) in [6, 6.07) is 13.6. The van der Waals surface area contributed by atoms with E-state index in [1.807, 2.05) is 36.4 Å². The molecule has 1 fully saturated rings. The predicted molar refractivity (Wildman–Crippen MR) is 103 cm³/mol. The van der Waals surface area contributed by atoms with Crippen LogP contribution < -0.4 is 4.90 Å². The molecule has 0 aliphatic carbocycles. The van der Waals surface area contributed by atoms with Gasteiger partial charge in [-0.2, -0.15) is 0 Å². The van der Waals surface area contributed by atoms with E-state index in [-0.39, 0.29) is 18.7 Å². The summed E-state index contributed by atoms with van der Waals surface area (Å²) >= 11 is 0. The van der Waals surface area contributed by atoms with E-state index in [2.05, 4.69) is 9.88 Å². The van der Waals surface area contributed by atoms with Gasteiger partial charge in [0.25, 0.3) is 0 Å². The number of benzene rings is 1. The SMILES string of the molecule is COC(=O)c1ccc2c(n1)CC[C@@H]1CN(C(=O)OCc3ccccc3)CCN21. The minimum atomic E-state index is -0.420. The molecular formula is C21H23N3O4. The Morgan fingerprint density at radius 3 is 2.75 bits per heavy atom. The summed E-state index contributed by atoms with van der Waals surface area (Å²) in [5.74, 6) is -0.420. The third-order valence-electron chi connectivity index (χ3n) is 5.31. The summed E-state index contributed by atoms with van der Waals surface area (Å²) in [5.41, 5.74) is 3.27. The lowest BCUT2D eigenvalue weighted by atomic mass is 9.97. The number of piperazine rings is 1. The molecule has 0 spiro atoms. The number of anilines is 1. The third-order valence-corrected chi connectivity index (χ3v) is 5.31. The summed E-state index contributed by atoms with van der Waals surface area (Å²) in [7, 11) is 1.36. The largest absolute Gasteiger partial charge is 0.464 e. The Kier molecular flexibility index (Phi) is 5.14. The van der Waals surface area contributed by atoms with E-state index in [4.69, 9.17) is 9.47 Å². The molecule has 0 radical (unpaired) electrons. The molecule has 7 nitrogen and oxygen atoms in total. The van der Waals surface area contributed by atoms with Crippen molar-refractivity contribution in [2.45, 2.75) is 25.5 Å². The molecule has 1 aromatic heterocycles. The van der Waals surface area contributed by atoms with Gasteiger partial charge in [0.2, 0.25) is 0 Å². The number of carbonyl (C=O) groups excluding carboxylic acids is 2. The zero-order valence-electron chi connectivity index (χ0n) is 15.8. The van der Waals surface area contributed by atoms with E-state index in [1.54, 1.807) is 11.0 Å². The molecule has 2 aromatic rings. The van der Waals surface area contributed by atoms with Crippen LogP contribution in [0.4, 0.5) is 10.5 Å². The van der Waals surface area contributed by atoms with Crippen LogP contribution in [0.15, 0.2) is 42.5 Å². The molecule has 0 bridgehead atoms.